The number of para-hydroxylation sites is 2. The Hall–Kier alpha value is -3.84. The van der Waals surface area contributed by atoms with Gasteiger partial charge in [-0.1, -0.05) is 77.9 Å². The fraction of sp³-hybridized carbons (Fsp3) is 0.412. The average Bonchev–Trinajstić information content (AvgIpc) is 2.96. The van der Waals surface area contributed by atoms with Crippen molar-refractivity contribution in [3.8, 4) is 11.5 Å². The van der Waals surface area contributed by atoms with Crippen LogP contribution in [0.3, 0.4) is 0 Å². The SMILES string of the molecule is CCC(C)(C)c1ccc(OCC(=O)Nc2cccc([C@H](O)CC(=O)Nc3ccccc3OC)c2)c(C(C)(C)CC)c1. The minimum atomic E-state index is -1.05. The Kier molecular flexibility index (Phi) is 10.6. The molecule has 7 nitrogen and oxygen atoms in total. The van der Waals surface area contributed by atoms with E-state index in [1.807, 2.05) is 12.1 Å². The maximum absolute atomic E-state index is 12.8. The standard InChI is InChI=1S/C34H44N2O5/c1-8-33(3,4)24-17-18-29(26(20-24)34(5,6)9-2)41-22-32(39)35-25-14-12-13-23(19-25)28(37)21-31(38)36-27-15-10-11-16-30(27)40-7/h10-20,28,37H,8-9,21-22H2,1-7H3,(H,35,39)(H,36,38)/t28-/m1/s1. The largest absolute Gasteiger partial charge is 0.495 e. The van der Waals surface area contributed by atoms with Crippen LogP contribution in [0.5, 0.6) is 11.5 Å². The zero-order valence-corrected chi connectivity index (χ0v) is 25.3. The number of hydrogen-bond donors (Lipinski definition) is 3. The van der Waals surface area contributed by atoms with Gasteiger partial charge in [-0.2, -0.15) is 0 Å². The lowest BCUT2D eigenvalue weighted by molar-refractivity contribution is -0.119. The summed E-state index contributed by atoms with van der Waals surface area (Å²) in [6.07, 6.45) is 0.737. The van der Waals surface area contributed by atoms with Crippen molar-refractivity contribution >= 4 is 23.2 Å². The summed E-state index contributed by atoms with van der Waals surface area (Å²) in [5.41, 5.74) is 3.81. The number of amides is 2. The molecule has 3 aromatic carbocycles. The first-order valence-corrected chi connectivity index (χ1v) is 14.2. The van der Waals surface area contributed by atoms with E-state index in [0.29, 0.717) is 28.4 Å². The van der Waals surface area contributed by atoms with E-state index in [1.54, 1.807) is 42.5 Å². The fourth-order valence-corrected chi connectivity index (χ4v) is 4.41. The van der Waals surface area contributed by atoms with Gasteiger partial charge in [-0.3, -0.25) is 9.59 Å². The summed E-state index contributed by atoms with van der Waals surface area (Å²) in [6.45, 7) is 13.0. The Morgan fingerprint density at radius 2 is 1.54 bits per heavy atom. The van der Waals surface area contributed by atoms with Crippen molar-refractivity contribution in [1.82, 2.24) is 0 Å². The van der Waals surface area contributed by atoms with E-state index < -0.39 is 6.10 Å². The Bertz CT molecular complexity index is 1350. The normalized spacial score (nSPS) is 12.4. The number of benzene rings is 3. The van der Waals surface area contributed by atoms with Gasteiger partial charge >= 0.3 is 0 Å². The smallest absolute Gasteiger partial charge is 0.262 e. The van der Waals surface area contributed by atoms with E-state index in [0.717, 1.165) is 18.4 Å². The number of ether oxygens (including phenoxy) is 2. The third-order valence-electron chi connectivity index (χ3n) is 7.93. The highest BCUT2D eigenvalue weighted by atomic mass is 16.5. The minimum absolute atomic E-state index is 0.0408. The summed E-state index contributed by atoms with van der Waals surface area (Å²) in [6, 6.07) is 20.2. The van der Waals surface area contributed by atoms with Crippen molar-refractivity contribution in [2.24, 2.45) is 0 Å². The molecule has 0 bridgehead atoms. The maximum atomic E-state index is 12.8. The molecule has 7 heteroatoms. The van der Waals surface area contributed by atoms with Gasteiger partial charge < -0.3 is 25.2 Å². The molecule has 0 spiro atoms. The van der Waals surface area contributed by atoms with Gasteiger partial charge in [-0.05, 0) is 65.1 Å². The molecule has 0 heterocycles. The molecule has 0 saturated carbocycles. The molecule has 0 aromatic heterocycles. The molecule has 41 heavy (non-hydrogen) atoms. The van der Waals surface area contributed by atoms with Gasteiger partial charge in [0.05, 0.1) is 25.3 Å². The molecule has 0 radical (unpaired) electrons. The number of hydrogen-bond acceptors (Lipinski definition) is 5. The van der Waals surface area contributed by atoms with Crippen molar-refractivity contribution < 1.29 is 24.2 Å². The average molecular weight is 561 g/mol. The van der Waals surface area contributed by atoms with Crippen LogP contribution in [-0.4, -0.2) is 30.6 Å². The number of carbonyl (C=O) groups excluding carboxylic acids is 2. The van der Waals surface area contributed by atoms with Crippen LogP contribution in [0.2, 0.25) is 0 Å². The topological polar surface area (TPSA) is 96.9 Å². The quantitative estimate of drug-likeness (QED) is 0.206. The maximum Gasteiger partial charge on any atom is 0.262 e. The fourth-order valence-electron chi connectivity index (χ4n) is 4.41. The third-order valence-corrected chi connectivity index (χ3v) is 7.93. The zero-order valence-electron chi connectivity index (χ0n) is 25.3. The lowest BCUT2D eigenvalue weighted by atomic mass is 9.76. The van der Waals surface area contributed by atoms with E-state index in [2.05, 4.69) is 64.3 Å². The Morgan fingerprint density at radius 1 is 0.829 bits per heavy atom. The molecule has 0 aliphatic rings. The lowest BCUT2D eigenvalue weighted by Gasteiger charge is -2.30. The van der Waals surface area contributed by atoms with Gasteiger partial charge in [-0.25, -0.2) is 0 Å². The second-order valence-corrected chi connectivity index (χ2v) is 11.6. The summed E-state index contributed by atoms with van der Waals surface area (Å²) >= 11 is 0. The van der Waals surface area contributed by atoms with Gasteiger partial charge in [0.15, 0.2) is 6.61 Å². The molecule has 0 saturated heterocycles. The summed E-state index contributed by atoms with van der Waals surface area (Å²) in [5.74, 6) is 0.564. The van der Waals surface area contributed by atoms with E-state index in [1.165, 1.54) is 12.7 Å². The van der Waals surface area contributed by atoms with Crippen LogP contribution < -0.4 is 20.1 Å². The number of anilines is 2. The monoisotopic (exact) mass is 560 g/mol. The third kappa shape index (κ3) is 8.33. The van der Waals surface area contributed by atoms with Crippen LogP contribution in [0.15, 0.2) is 66.7 Å². The molecule has 0 fully saturated rings. The molecule has 3 N–H and O–H groups in total. The number of aliphatic hydroxyl groups is 1. The Morgan fingerprint density at radius 3 is 2.22 bits per heavy atom. The van der Waals surface area contributed by atoms with Crippen LogP contribution in [0.25, 0.3) is 0 Å². The molecule has 220 valence electrons. The van der Waals surface area contributed by atoms with E-state index in [4.69, 9.17) is 9.47 Å². The molecule has 2 amide bonds. The van der Waals surface area contributed by atoms with Crippen LogP contribution >= 0.6 is 0 Å². The molecule has 3 rings (SSSR count). The summed E-state index contributed by atoms with van der Waals surface area (Å²) in [7, 11) is 1.53. The first-order chi connectivity index (χ1) is 19.4. The number of nitrogens with one attached hydrogen (secondary N) is 2. The van der Waals surface area contributed by atoms with Crippen molar-refractivity contribution in [2.75, 3.05) is 24.4 Å². The summed E-state index contributed by atoms with van der Waals surface area (Å²) in [4.78, 5) is 25.4. The van der Waals surface area contributed by atoms with Gasteiger partial charge in [0.1, 0.15) is 11.5 Å². The van der Waals surface area contributed by atoms with E-state index in [-0.39, 0.29) is 35.7 Å². The molecule has 1 atom stereocenters. The molecule has 0 aliphatic carbocycles. The molecule has 0 unspecified atom stereocenters. The number of aliphatic hydroxyl groups excluding tert-OH is 1. The number of methoxy groups -OCH3 is 1. The molecular weight excluding hydrogens is 516 g/mol. The lowest BCUT2D eigenvalue weighted by Crippen LogP contribution is -2.24. The molecule has 3 aromatic rings. The van der Waals surface area contributed by atoms with Crippen molar-refractivity contribution in [3.63, 3.8) is 0 Å². The number of carbonyl (C=O) groups is 2. The predicted octanol–water partition coefficient (Wildman–Crippen LogP) is 7.15. The minimum Gasteiger partial charge on any atom is -0.495 e. The first kappa shape index (κ1) is 31.7. The van der Waals surface area contributed by atoms with Crippen LogP contribution in [0.4, 0.5) is 11.4 Å². The highest BCUT2D eigenvalue weighted by Gasteiger charge is 2.27. The summed E-state index contributed by atoms with van der Waals surface area (Å²) < 4.78 is 11.3. The van der Waals surface area contributed by atoms with Gasteiger partial charge in [0, 0.05) is 11.3 Å². The Labute approximate surface area is 244 Å². The highest BCUT2D eigenvalue weighted by Crippen LogP contribution is 2.38. The second-order valence-electron chi connectivity index (χ2n) is 11.6. The van der Waals surface area contributed by atoms with Crippen LogP contribution in [0.1, 0.15) is 83.6 Å². The zero-order chi connectivity index (χ0) is 30.2. The van der Waals surface area contributed by atoms with Crippen molar-refractivity contribution in [1.29, 1.82) is 0 Å². The Balaban J connectivity index is 1.65. The van der Waals surface area contributed by atoms with Crippen LogP contribution in [0, 0.1) is 0 Å². The molecular formula is C34H44N2O5. The van der Waals surface area contributed by atoms with Crippen molar-refractivity contribution in [2.45, 2.75) is 77.7 Å². The second kappa shape index (κ2) is 13.7. The van der Waals surface area contributed by atoms with Gasteiger partial charge in [0.25, 0.3) is 5.91 Å². The van der Waals surface area contributed by atoms with Crippen molar-refractivity contribution in [3.05, 3.63) is 83.4 Å². The van der Waals surface area contributed by atoms with Crippen LogP contribution in [-0.2, 0) is 20.4 Å². The summed E-state index contributed by atoms with van der Waals surface area (Å²) in [5, 5.41) is 16.3. The predicted molar refractivity (Wildman–Crippen MR) is 165 cm³/mol. The number of rotatable bonds is 13. The molecule has 0 aliphatic heterocycles. The van der Waals surface area contributed by atoms with Gasteiger partial charge in [-0.15, -0.1) is 0 Å². The van der Waals surface area contributed by atoms with E-state index >= 15 is 0 Å². The highest BCUT2D eigenvalue weighted by molar-refractivity contribution is 5.93. The first-order valence-electron chi connectivity index (χ1n) is 14.2. The van der Waals surface area contributed by atoms with Gasteiger partial charge in [0.2, 0.25) is 5.91 Å². The van der Waals surface area contributed by atoms with E-state index in [9.17, 15) is 14.7 Å².